The van der Waals surface area contributed by atoms with Crippen LogP contribution in [0.15, 0.2) is 52.1 Å². The van der Waals surface area contributed by atoms with Gasteiger partial charge in [0.15, 0.2) is 0 Å². The highest BCUT2D eigenvalue weighted by atomic mass is 79.9. The number of hydrogen-bond donors (Lipinski definition) is 0. The van der Waals surface area contributed by atoms with E-state index >= 15 is 0 Å². The third-order valence-electron chi connectivity index (χ3n) is 2.88. The van der Waals surface area contributed by atoms with Gasteiger partial charge in [-0.3, -0.25) is 0 Å². The second-order valence-electron chi connectivity index (χ2n) is 4.40. The van der Waals surface area contributed by atoms with E-state index < -0.39 is 0 Å². The molecule has 116 valence electrons. The molecular formula is C15H6Br4N2O2. The van der Waals surface area contributed by atoms with E-state index in [0.29, 0.717) is 35.7 Å². The first-order valence-electron chi connectivity index (χ1n) is 6.08. The minimum atomic E-state index is 0.502. The summed E-state index contributed by atoms with van der Waals surface area (Å²) in [5.41, 5.74) is 3.03. The van der Waals surface area contributed by atoms with Gasteiger partial charge in [-0.1, -0.05) is 0 Å². The maximum absolute atomic E-state index is 10.4. The molecule has 0 spiro atoms. The predicted octanol–water partition coefficient (Wildman–Crippen LogP) is 6.26. The quantitative estimate of drug-likeness (QED) is 0.324. The molecule has 0 aliphatic heterocycles. The molecule has 0 aliphatic carbocycles. The van der Waals surface area contributed by atoms with E-state index in [2.05, 4.69) is 73.7 Å². The van der Waals surface area contributed by atoms with Gasteiger partial charge in [0.1, 0.15) is 11.4 Å². The fourth-order valence-electron chi connectivity index (χ4n) is 1.98. The van der Waals surface area contributed by atoms with Crippen LogP contribution in [0.4, 0.5) is 11.4 Å². The Labute approximate surface area is 165 Å². The van der Waals surface area contributed by atoms with Crippen LogP contribution >= 0.6 is 63.7 Å². The first-order valence-corrected chi connectivity index (χ1v) is 9.25. The summed E-state index contributed by atoms with van der Waals surface area (Å²) in [6, 6.07) is 7.56. The van der Waals surface area contributed by atoms with Crippen LogP contribution < -0.4 is 0 Å². The molecular weight excluding hydrogens is 560 g/mol. The molecule has 4 nitrogen and oxygen atoms in total. The third kappa shape index (κ3) is 4.57. The summed E-state index contributed by atoms with van der Waals surface area (Å²) >= 11 is 13.6. The second-order valence-corrected chi connectivity index (χ2v) is 7.82. The highest BCUT2D eigenvalue weighted by Gasteiger charge is 2.10. The Balaban J connectivity index is 2.40. The fraction of sp³-hybridized carbons (Fsp3) is 0.0667. The lowest BCUT2D eigenvalue weighted by Crippen LogP contribution is -1.90. The van der Waals surface area contributed by atoms with Gasteiger partial charge in [-0.05, 0) is 106 Å². The Bertz CT molecular complexity index is 752. The molecule has 2 aromatic carbocycles. The molecule has 0 unspecified atom stereocenters. The zero-order valence-electron chi connectivity index (χ0n) is 11.2. The summed E-state index contributed by atoms with van der Waals surface area (Å²) in [4.78, 5) is 28.2. The van der Waals surface area contributed by atoms with E-state index in [1.54, 1.807) is 0 Å². The molecule has 2 rings (SSSR count). The highest BCUT2D eigenvalue weighted by Crippen LogP contribution is 2.37. The van der Waals surface area contributed by atoms with Gasteiger partial charge in [0, 0.05) is 17.9 Å². The maximum atomic E-state index is 10.4. The monoisotopic (exact) mass is 562 g/mol. The average molecular weight is 566 g/mol. The summed E-state index contributed by atoms with van der Waals surface area (Å²) in [6.45, 7) is 0. The van der Waals surface area contributed by atoms with Crippen molar-refractivity contribution in [3.63, 3.8) is 0 Å². The minimum absolute atomic E-state index is 0.502. The van der Waals surface area contributed by atoms with Gasteiger partial charge in [-0.25, -0.2) is 9.59 Å². The number of aliphatic imine (C=N–C) groups is 2. The third-order valence-corrected chi connectivity index (χ3v) is 5.29. The fourth-order valence-corrected chi connectivity index (χ4v) is 4.90. The zero-order valence-corrected chi connectivity index (χ0v) is 17.6. The Morgan fingerprint density at radius 3 is 1.26 bits per heavy atom. The number of halogens is 4. The van der Waals surface area contributed by atoms with E-state index in [4.69, 9.17) is 0 Å². The standard InChI is InChI=1S/C15H6Br4N2O2/c16-10-2-8(3-11(17)14(10)20-6-22)1-9-4-12(18)15(21-7-23)13(19)5-9/h2-5H,1H2. The summed E-state index contributed by atoms with van der Waals surface area (Å²) in [6.07, 6.45) is 3.70. The topological polar surface area (TPSA) is 58.9 Å². The Morgan fingerprint density at radius 1 is 0.696 bits per heavy atom. The lowest BCUT2D eigenvalue weighted by atomic mass is 10.0. The van der Waals surface area contributed by atoms with Crippen LogP contribution in [0, 0.1) is 0 Å². The van der Waals surface area contributed by atoms with Gasteiger partial charge >= 0.3 is 0 Å². The molecule has 0 fully saturated rings. The molecule has 0 heterocycles. The van der Waals surface area contributed by atoms with Gasteiger partial charge in [0.25, 0.3) is 0 Å². The van der Waals surface area contributed by atoms with Crippen LogP contribution in [-0.4, -0.2) is 12.2 Å². The summed E-state index contributed by atoms with van der Waals surface area (Å²) < 4.78 is 2.80. The highest BCUT2D eigenvalue weighted by molar-refractivity contribution is 9.11. The maximum Gasteiger partial charge on any atom is 0.240 e. The normalized spacial score (nSPS) is 9.91. The van der Waals surface area contributed by atoms with E-state index in [0.717, 1.165) is 11.1 Å². The van der Waals surface area contributed by atoms with Gasteiger partial charge in [-0.15, -0.1) is 0 Å². The van der Waals surface area contributed by atoms with Crippen molar-refractivity contribution in [2.45, 2.75) is 6.42 Å². The predicted molar refractivity (Wildman–Crippen MR) is 102 cm³/mol. The van der Waals surface area contributed by atoms with E-state index in [1.165, 1.54) is 12.2 Å². The molecule has 0 atom stereocenters. The molecule has 8 heteroatoms. The molecule has 0 radical (unpaired) electrons. The smallest absolute Gasteiger partial charge is 0.211 e. The van der Waals surface area contributed by atoms with Crippen molar-refractivity contribution in [2.24, 2.45) is 9.98 Å². The van der Waals surface area contributed by atoms with Crippen molar-refractivity contribution in [3.05, 3.63) is 53.3 Å². The van der Waals surface area contributed by atoms with Crippen LogP contribution in [0.25, 0.3) is 0 Å². The largest absolute Gasteiger partial charge is 0.240 e. The van der Waals surface area contributed by atoms with Crippen LogP contribution in [0.2, 0.25) is 0 Å². The van der Waals surface area contributed by atoms with Crippen molar-refractivity contribution < 1.29 is 9.59 Å². The summed E-state index contributed by atoms with van der Waals surface area (Å²) in [5.74, 6) is 0. The lowest BCUT2D eigenvalue weighted by Gasteiger charge is -2.09. The van der Waals surface area contributed by atoms with Gasteiger partial charge in [0.05, 0.1) is 0 Å². The van der Waals surface area contributed by atoms with Crippen molar-refractivity contribution >= 4 is 87.3 Å². The molecule has 0 N–H and O–H groups in total. The first kappa shape index (κ1) is 18.5. The van der Waals surface area contributed by atoms with Gasteiger partial charge in [0.2, 0.25) is 12.2 Å². The number of hydrogen-bond acceptors (Lipinski definition) is 4. The second kappa shape index (κ2) is 8.29. The van der Waals surface area contributed by atoms with Gasteiger partial charge < -0.3 is 0 Å². The number of carbonyl (C=O) groups excluding carboxylic acids is 2. The molecule has 0 aliphatic rings. The molecule has 0 saturated carbocycles. The van der Waals surface area contributed by atoms with Gasteiger partial charge in [-0.2, -0.15) is 9.98 Å². The zero-order chi connectivity index (χ0) is 17.0. The van der Waals surface area contributed by atoms with Crippen LogP contribution in [0.3, 0.4) is 0 Å². The van der Waals surface area contributed by atoms with Crippen LogP contribution in [0.5, 0.6) is 0 Å². The van der Waals surface area contributed by atoms with E-state index in [9.17, 15) is 9.59 Å². The molecule has 0 saturated heterocycles. The van der Waals surface area contributed by atoms with Crippen molar-refractivity contribution in [3.8, 4) is 0 Å². The van der Waals surface area contributed by atoms with E-state index in [-0.39, 0.29) is 0 Å². The SMILES string of the molecule is O=C=Nc1c(Br)cc(Cc2cc(Br)c(N=C=O)c(Br)c2)cc1Br. The lowest BCUT2D eigenvalue weighted by molar-refractivity contribution is 0.564. The number of nitrogens with zero attached hydrogens (tertiary/aromatic N) is 2. The van der Waals surface area contributed by atoms with E-state index in [1.807, 2.05) is 24.3 Å². The minimum Gasteiger partial charge on any atom is -0.211 e. The number of isocyanates is 2. The Morgan fingerprint density at radius 2 is 1.00 bits per heavy atom. The van der Waals surface area contributed by atoms with Crippen LogP contribution in [0.1, 0.15) is 11.1 Å². The van der Waals surface area contributed by atoms with Crippen molar-refractivity contribution in [2.75, 3.05) is 0 Å². The summed E-state index contributed by atoms with van der Waals surface area (Å²) in [5, 5.41) is 0. The Hall–Kier alpha value is -0.880. The van der Waals surface area contributed by atoms with Crippen molar-refractivity contribution in [1.82, 2.24) is 0 Å². The molecule has 0 amide bonds. The molecule has 0 aromatic heterocycles. The molecule has 2 aromatic rings. The summed E-state index contributed by atoms with van der Waals surface area (Å²) in [7, 11) is 0. The number of rotatable bonds is 4. The molecule has 0 bridgehead atoms. The van der Waals surface area contributed by atoms with Crippen molar-refractivity contribution in [1.29, 1.82) is 0 Å². The first-order chi connectivity index (χ1) is 11.0. The number of benzene rings is 2. The Kier molecular flexibility index (Phi) is 6.65. The molecule has 23 heavy (non-hydrogen) atoms. The van der Waals surface area contributed by atoms with Crippen LogP contribution in [-0.2, 0) is 16.0 Å². The average Bonchev–Trinajstić information content (AvgIpc) is 2.47.